The van der Waals surface area contributed by atoms with Crippen LogP contribution in [-0.2, 0) is 4.79 Å². The topological polar surface area (TPSA) is 43.9 Å². The summed E-state index contributed by atoms with van der Waals surface area (Å²) in [6.07, 6.45) is 0.885. The van der Waals surface area contributed by atoms with Gasteiger partial charge in [-0.15, -0.1) is 0 Å². The number of benzene rings is 1. The van der Waals surface area contributed by atoms with Gasteiger partial charge in [0.25, 0.3) is 5.91 Å². The lowest BCUT2D eigenvalue weighted by atomic mass is 9.93. The molecule has 2 amide bonds. The lowest BCUT2D eigenvalue weighted by molar-refractivity contribution is -0.123. The molecule has 0 radical (unpaired) electrons. The molecule has 6 heteroatoms. The van der Waals surface area contributed by atoms with Gasteiger partial charge in [0.2, 0.25) is 5.91 Å². The molecular weight excluding hydrogens is 334 g/mol. The van der Waals surface area contributed by atoms with Crippen LogP contribution in [-0.4, -0.2) is 60.4 Å². The molecule has 0 N–H and O–H groups in total. The Morgan fingerprint density at radius 2 is 1.96 bits per heavy atom. The zero-order valence-corrected chi connectivity index (χ0v) is 15.0. The molecule has 0 unspecified atom stereocenters. The number of piperazine rings is 1. The van der Waals surface area contributed by atoms with Crippen LogP contribution in [0.1, 0.15) is 16.8 Å². The quantitative estimate of drug-likeness (QED) is 0.830. The Morgan fingerprint density at radius 3 is 2.68 bits per heavy atom. The van der Waals surface area contributed by atoms with E-state index in [1.165, 1.54) is 0 Å². The highest BCUT2D eigenvalue weighted by Gasteiger charge is 2.48. The fraction of sp³-hybridized carbons (Fsp3) is 0.368. The number of likely N-dealkylation sites (tertiary alicyclic amines) is 1. The van der Waals surface area contributed by atoms with E-state index in [2.05, 4.69) is 4.90 Å². The Hall–Kier alpha value is -2.18. The van der Waals surface area contributed by atoms with Crippen LogP contribution in [0.2, 0.25) is 0 Å². The van der Waals surface area contributed by atoms with Crippen molar-refractivity contribution in [3.05, 3.63) is 52.7 Å². The summed E-state index contributed by atoms with van der Waals surface area (Å²) in [5, 5.41) is 4.01. The van der Waals surface area contributed by atoms with Gasteiger partial charge in [0, 0.05) is 30.6 Å². The van der Waals surface area contributed by atoms with Crippen molar-refractivity contribution in [3.63, 3.8) is 0 Å². The number of thiophene rings is 1. The smallest absolute Gasteiger partial charge is 0.253 e. The zero-order valence-electron chi connectivity index (χ0n) is 14.2. The monoisotopic (exact) mass is 355 g/mol. The first-order chi connectivity index (χ1) is 12.1. The van der Waals surface area contributed by atoms with Crippen molar-refractivity contribution < 1.29 is 9.59 Å². The summed E-state index contributed by atoms with van der Waals surface area (Å²) in [5.74, 6) is 0.198. The van der Waals surface area contributed by atoms with Crippen molar-refractivity contribution in [2.75, 3.05) is 38.1 Å². The minimum atomic E-state index is -0.166. The van der Waals surface area contributed by atoms with E-state index < -0.39 is 0 Å². The highest BCUT2D eigenvalue weighted by Crippen LogP contribution is 2.34. The van der Waals surface area contributed by atoms with Gasteiger partial charge < -0.3 is 9.80 Å². The number of nitrogens with zero attached hydrogens (tertiary/aromatic N) is 3. The van der Waals surface area contributed by atoms with Crippen molar-refractivity contribution in [2.45, 2.75) is 12.0 Å². The molecule has 2 saturated heterocycles. The third kappa shape index (κ3) is 2.85. The number of anilines is 1. The van der Waals surface area contributed by atoms with Crippen LogP contribution in [0.5, 0.6) is 0 Å². The van der Waals surface area contributed by atoms with Crippen molar-refractivity contribution in [3.8, 4) is 0 Å². The lowest BCUT2D eigenvalue weighted by Crippen LogP contribution is -2.64. The third-order valence-corrected chi connectivity index (χ3v) is 6.06. The Morgan fingerprint density at radius 1 is 1.16 bits per heavy atom. The predicted octanol–water partition coefficient (Wildman–Crippen LogP) is 2.31. The van der Waals surface area contributed by atoms with Gasteiger partial charge in [-0.05, 0) is 37.0 Å². The first-order valence-corrected chi connectivity index (χ1v) is 9.41. The number of hydrogen-bond donors (Lipinski definition) is 0. The number of carbonyl (C=O) groups is 2. The molecule has 1 spiro atoms. The van der Waals surface area contributed by atoms with E-state index >= 15 is 0 Å². The number of carbonyl (C=O) groups excluding carboxylic acids is 2. The SMILES string of the molecule is CN1CC(=O)N(c2ccsc2)C[C@@]12CCN(C(=O)c1ccccc1)C2. The van der Waals surface area contributed by atoms with Gasteiger partial charge in [0.1, 0.15) is 0 Å². The molecule has 2 aliphatic rings. The average molecular weight is 355 g/mol. The Balaban J connectivity index is 1.55. The van der Waals surface area contributed by atoms with Gasteiger partial charge >= 0.3 is 0 Å². The largest absolute Gasteiger partial charge is 0.337 e. The number of likely N-dealkylation sites (N-methyl/N-ethyl adjacent to an activating group) is 1. The molecule has 0 aliphatic carbocycles. The lowest BCUT2D eigenvalue weighted by Gasteiger charge is -2.46. The average Bonchev–Trinajstić information content (AvgIpc) is 3.29. The molecule has 5 nitrogen and oxygen atoms in total. The van der Waals surface area contributed by atoms with E-state index in [1.54, 1.807) is 11.3 Å². The maximum absolute atomic E-state index is 12.8. The molecule has 1 aromatic carbocycles. The van der Waals surface area contributed by atoms with Gasteiger partial charge in [-0.3, -0.25) is 14.5 Å². The second kappa shape index (κ2) is 6.28. The van der Waals surface area contributed by atoms with E-state index in [0.717, 1.165) is 24.2 Å². The molecule has 25 heavy (non-hydrogen) atoms. The Bertz CT molecular complexity index is 777. The molecule has 130 valence electrons. The van der Waals surface area contributed by atoms with E-state index in [1.807, 2.05) is 64.0 Å². The standard InChI is InChI=1S/C19H21N3O2S/c1-20-11-17(23)22(16-7-10-25-12-16)14-19(20)8-9-21(13-19)18(24)15-5-3-2-4-6-15/h2-7,10,12H,8-9,11,13-14H2,1H3/t19-/m0/s1. The molecule has 3 heterocycles. The van der Waals surface area contributed by atoms with Crippen LogP contribution in [0.15, 0.2) is 47.2 Å². The number of amides is 2. The summed E-state index contributed by atoms with van der Waals surface area (Å²) in [6.45, 7) is 2.41. The molecule has 2 aliphatic heterocycles. The van der Waals surface area contributed by atoms with Crippen molar-refractivity contribution >= 4 is 28.8 Å². The van der Waals surface area contributed by atoms with Crippen LogP contribution in [0.25, 0.3) is 0 Å². The van der Waals surface area contributed by atoms with Gasteiger partial charge in [-0.2, -0.15) is 11.3 Å². The first kappa shape index (κ1) is 16.3. The molecule has 2 fully saturated rings. The predicted molar refractivity (Wildman–Crippen MR) is 99.0 cm³/mol. The third-order valence-electron chi connectivity index (χ3n) is 5.39. The number of hydrogen-bond acceptors (Lipinski definition) is 4. The Labute approximate surface area is 151 Å². The number of rotatable bonds is 2. The molecular formula is C19H21N3O2S. The highest BCUT2D eigenvalue weighted by molar-refractivity contribution is 7.08. The van der Waals surface area contributed by atoms with Gasteiger partial charge in [-0.1, -0.05) is 18.2 Å². The molecule has 2 aromatic rings. The summed E-state index contributed by atoms with van der Waals surface area (Å²) < 4.78 is 0. The summed E-state index contributed by atoms with van der Waals surface area (Å²) in [7, 11) is 2.00. The fourth-order valence-corrected chi connectivity index (χ4v) is 4.48. The molecule has 0 bridgehead atoms. The van der Waals surface area contributed by atoms with E-state index in [4.69, 9.17) is 0 Å². The van der Waals surface area contributed by atoms with E-state index in [-0.39, 0.29) is 17.4 Å². The minimum absolute atomic E-state index is 0.0739. The van der Waals surface area contributed by atoms with E-state index in [0.29, 0.717) is 19.6 Å². The van der Waals surface area contributed by atoms with Gasteiger partial charge in [-0.25, -0.2) is 0 Å². The van der Waals surface area contributed by atoms with Crippen LogP contribution < -0.4 is 4.90 Å². The molecule has 1 atom stereocenters. The summed E-state index contributed by atoms with van der Waals surface area (Å²) >= 11 is 1.60. The van der Waals surface area contributed by atoms with Crippen molar-refractivity contribution in [1.82, 2.24) is 9.80 Å². The normalized spacial score (nSPS) is 24.3. The highest BCUT2D eigenvalue weighted by atomic mass is 32.1. The van der Waals surface area contributed by atoms with Crippen LogP contribution in [0, 0.1) is 0 Å². The molecule has 4 rings (SSSR count). The zero-order chi connectivity index (χ0) is 17.4. The Kier molecular flexibility index (Phi) is 4.09. The van der Waals surface area contributed by atoms with Gasteiger partial charge in [0.15, 0.2) is 0 Å². The van der Waals surface area contributed by atoms with Crippen LogP contribution in [0.4, 0.5) is 5.69 Å². The maximum Gasteiger partial charge on any atom is 0.253 e. The van der Waals surface area contributed by atoms with Crippen LogP contribution in [0.3, 0.4) is 0 Å². The molecule has 0 saturated carbocycles. The maximum atomic E-state index is 12.8. The van der Waals surface area contributed by atoms with Gasteiger partial charge in [0.05, 0.1) is 17.8 Å². The summed E-state index contributed by atoms with van der Waals surface area (Å²) in [6, 6.07) is 11.4. The minimum Gasteiger partial charge on any atom is -0.337 e. The van der Waals surface area contributed by atoms with Crippen molar-refractivity contribution in [1.29, 1.82) is 0 Å². The second-order valence-corrected chi connectivity index (χ2v) is 7.66. The summed E-state index contributed by atoms with van der Waals surface area (Å²) in [4.78, 5) is 31.2. The first-order valence-electron chi connectivity index (χ1n) is 8.47. The molecule has 1 aromatic heterocycles. The summed E-state index contributed by atoms with van der Waals surface area (Å²) in [5.41, 5.74) is 1.53. The fourth-order valence-electron chi connectivity index (χ4n) is 3.84. The van der Waals surface area contributed by atoms with Crippen molar-refractivity contribution in [2.24, 2.45) is 0 Å². The van der Waals surface area contributed by atoms with E-state index in [9.17, 15) is 9.59 Å². The van der Waals surface area contributed by atoms with Crippen LogP contribution >= 0.6 is 11.3 Å². The second-order valence-electron chi connectivity index (χ2n) is 6.88.